The van der Waals surface area contributed by atoms with Crippen LogP contribution in [0.5, 0.6) is 0 Å². The van der Waals surface area contributed by atoms with Gasteiger partial charge in [0.25, 0.3) is 0 Å². The van der Waals surface area contributed by atoms with E-state index in [9.17, 15) is 10.2 Å². The Morgan fingerprint density at radius 3 is 2.27 bits per heavy atom. The third-order valence-electron chi connectivity index (χ3n) is 2.93. The van der Waals surface area contributed by atoms with Gasteiger partial charge in [-0.3, -0.25) is 0 Å². The van der Waals surface area contributed by atoms with Crippen LogP contribution >= 0.6 is 0 Å². The van der Waals surface area contributed by atoms with Crippen molar-refractivity contribution >= 4 is 0 Å². The van der Waals surface area contributed by atoms with E-state index in [4.69, 9.17) is 5.11 Å². The second-order valence-corrected chi connectivity index (χ2v) is 3.75. The van der Waals surface area contributed by atoms with Crippen molar-refractivity contribution in [3.63, 3.8) is 0 Å². The molecule has 4 atom stereocenters. The van der Waals surface area contributed by atoms with Gasteiger partial charge in [0, 0.05) is 12.5 Å². The van der Waals surface area contributed by atoms with E-state index >= 15 is 0 Å². The molecule has 0 amide bonds. The standard InChI is InChI=1S/C8H16O3/c1-5-3-6(4-9)7(10)8(5,2)11/h5-7,9-11H,3-4H2,1-2H3/t5-,6-,7?,8?/m1/s1. The molecule has 1 saturated carbocycles. The first-order valence-corrected chi connectivity index (χ1v) is 4.01. The molecule has 0 radical (unpaired) electrons. The Labute approximate surface area is 66.7 Å². The zero-order chi connectivity index (χ0) is 8.65. The highest BCUT2D eigenvalue weighted by Crippen LogP contribution is 2.39. The van der Waals surface area contributed by atoms with Crippen LogP contribution in [0.25, 0.3) is 0 Å². The van der Waals surface area contributed by atoms with E-state index in [-0.39, 0.29) is 18.4 Å². The maximum atomic E-state index is 9.67. The van der Waals surface area contributed by atoms with Crippen LogP contribution in [-0.2, 0) is 0 Å². The first-order valence-electron chi connectivity index (χ1n) is 4.01. The minimum atomic E-state index is -1.02. The normalized spacial score (nSPS) is 51.5. The lowest BCUT2D eigenvalue weighted by atomic mass is 9.93. The summed E-state index contributed by atoms with van der Waals surface area (Å²) in [5, 5.41) is 28.0. The minimum Gasteiger partial charge on any atom is -0.396 e. The SMILES string of the molecule is C[C@@H]1C[C@H](CO)C(O)C1(C)O. The second-order valence-electron chi connectivity index (χ2n) is 3.75. The minimum absolute atomic E-state index is 0.0400. The Balaban J connectivity index is 2.71. The zero-order valence-corrected chi connectivity index (χ0v) is 6.99. The molecule has 1 aliphatic carbocycles. The molecule has 1 aliphatic rings. The van der Waals surface area contributed by atoms with Crippen LogP contribution in [0.2, 0.25) is 0 Å². The molecule has 0 heterocycles. The van der Waals surface area contributed by atoms with Gasteiger partial charge in [-0.1, -0.05) is 6.92 Å². The van der Waals surface area contributed by atoms with Gasteiger partial charge in [0.15, 0.2) is 0 Å². The van der Waals surface area contributed by atoms with Crippen molar-refractivity contribution in [2.24, 2.45) is 11.8 Å². The molecule has 0 aromatic heterocycles. The molecule has 1 rings (SSSR count). The largest absolute Gasteiger partial charge is 0.396 e. The molecule has 0 bridgehead atoms. The second kappa shape index (κ2) is 2.73. The van der Waals surface area contributed by atoms with Gasteiger partial charge in [0.05, 0.1) is 11.7 Å². The molecule has 2 unspecified atom stereocenters. The van der Waals surface area contributed by atoms with Crippen LogP contribution in [0.1, 0.15) is 20.3 Å². The Hall–Kier alpha value is -0.120. The topological polar surface area (TPSA) is 60.7 Å². The summed E-state index contributed by atoms with van der Waals surface area (Å²) in [5.41, 5.74) is -1.02. The van der Waals surface area contributed by atoms with Crippen molar-refractivity contribution < 1.29 is 15.3 Å². The van der Waals surface area contributed by atoms with Gasteiger partial charge >= 0.3 is 0 Å². The fourth-order valence-electron chi connectivity index (χ4n) is 1.76. The molecular formula is C8H16O3. The Morgan fingerprint density at radius 1 is 1.55 bits per heavy atom. The molecule has 0 saturated heterocycles. The van der Waals surface area contributed by atoms with Crippen LogP contribution in [0.4, 0.5) is 0 Å². The molecule has 3 N–H and O–H groups in total. The lowest BCUT2D eigenvalue weighted by molar-refractivity contribution is -0.0782. The van der Waals surface area contributed by atoms with Crippen molar-refractivity contribution in [3.8, 4) is 0 Å². The number of aliphatic hydroxyl groups excluding tert-OH is 2. The van der Waals surface area contributed by atoms with Gasteiger partial charge in [-0.25, -0.2) is 0 Å². The zero-order valence-electron chi connectivity index (χ0n) is 6.99. The summed E-state index contributed by atoms with van der Waals surface area (Å²) in [7, 11) is 0. The Bertz CT molecular complexity index is 144. The summed E-state index contributed by atoms with van der Waals surface area (Å²) in [6.45, 7) is 3.47. The Morgan fingerprint density at radius 2 is 2.09 bits per heavy atom. The van der Waals surface area contributed by atoms with Crippen molar-refractivity contribution in [2.75, 3.05) is 6.61 Å². The van der Waals surface area contributed by atoms with Crippen LogP contribution < -0.4 is 0 Å². The highest BCUT2D eigenvalue weighted by molar-refractivity contribution is 4.98. The van der Waals surface area contributed by atoms with Gasteiger partial charge in [0.1, 0.15) is 0 Å². The highest BCUT2D eigenvalue weighted by atomic mass is 16.3. The third kappa shape index (κ3) is 1.28. The molecular weight excluding hydrogens is 144 g/mol. The summed E-state index contributed by atoms with van der Waals surface area (Å²) in [6.07, 6.45) is -0.0764. The fraction of sp³-hybridized carbons (Fsp3) is 1.00. The van der Waals surface area contributed by atoms with Crippen molar-refractivity contribution in [1.29, 1.82) is 0 Å². The summed E-state index contributed by atoms with van der Waals surface area (Å²) in [5.74, 6) is -0.0883. The summed E-state index contributed by atoms with van der Waals surface area (Å²) in [4.78, 5) is 0. The first kappa shape index (κ1) is 8.97. The van der Waals surface area contributed by atoms with E-state index in [1.165, 1.54) is 0 Å². The number of hydrogen-bond acceptors (Lipinski definition) is 3. The number of rotatable bonds is 1. The summed E-state index contributed by atoms with van der Waals surface area (Å²) < 4.78 is 0. The van der Waals surface area contributed by atoms with Crippen molar-refractivity contribution in [2.45, 2.75) is 32.0 Å². The quantitative estimate of drug-likeness (QED) is 0.495. The Kier molecular flexibility index (Phi) is 2.23. The van der Waals surface area contributed by atoms with E-state index in [1.807, 2.05) is 6.92 Å². The first-order chi connectivity index (χ1) is 5.00. The van der Waals surface area contributed by atoms with Gasteiger partial charge in [-0.15, -0.1) is 0 Å². The fourth-order valence-corrected chi connectivity index (χ4v) is 1.76. The van der Waals surface area contributed by atoms with E-state index in [0.29, 0.717) is 6.42 Å². The van der Waals surface area contributed by atoms with Crippen molar-refractivity contribution in [1.82, 2.24) is 0 Å². The molecule has 0 aromatic rings. The molecule has 3 heteroatoms. The molecule has 0 aliphatic heterocycles. The van der Waals surface area contributed by atoms with Crippen molar-refractivity contribution in [3.05, 3.63) is 0 Å². The highest BCUT2D eigenvalue weighted by Gasteiger charge is 2.47. The monoisotopic (exact) mass is 160 g/mol. The predicted octanol–water partition coefficient (Wildman–Crippen LogP) is -0.253. The van der Waals surface area contributed by atoms with Crippen LogP contribution in [-0.4, -0.2) is 33.6 Å². The molecule has 1 fully saturated rings. The maximum absolute atomic E-state index is 9.67. The summed E-state index contributed by atoms with van der Waals surface area (Å²) >= 11 is 0. The lowest BCUT2D eigenvalue weighted by Gasteiger charge is -2.26. The molecule has 11 heavy (non-hydrogen) atoms. The van der Waals surface area contributed by atoms with E-state index < -0.39 is 11.7 Å². The van der Waals surface area contributed by atoms with E-state index in [0.717, 1.165) is 0 Å². The average molecular weight is 160 g/mol. The third-order valence-corrected chi connectivity index (χ3v) is 2.93. The van der Waals surface area contributed by atoms with Gasteiger partial charge in [0.2, 0.25) is 0 Å². The van der Waals surface area contributed by atoms with Gasteiger partial charge in [-0.2, -0.15) is 0 Å². The molecule has 0 spiro atoms. The smallest absolute Gasteiger partial charge is 0.0906 e. The summed E-state index contributed by atoms with van der Waals surface area (Å²) in [6, 6.07) is 0. The van der Waals surface area contributed by atoms with Crippen LogP contribution in [0, 0.1) is 11.8 Å². The van der Waals surface area contributed by atoms with Crippen LogP contribution in [0.3, 0.4) is 0 Å². The number of aliphatic hydroxyl groups is 3. The number of hydrogen-bond donors (Lipinski definition) is 3. The van der Waals surface area contributed by atoms with E-state index in [1.54, 1.807) is 6.92 Å². The van der Waals surface area contributed by atoms with Gasteiger partial charge < -0.3 is 15.3 Å². The van der Waals surface area contributed by atoms with Crippen LogP contribution in [0.15, 0.2) is 0 Å². The van der Waals surface area contributed by atoms with E-state index in [2.05, 4.69) is 0 Å². The molecule has 0 aromatic carbocycles. The maximum Gasteiger partial charge on any atom is 0.0906 e. The molecule has 3 nitrogen and oxygen atoms in total. The van der Waals surface area contributed by atoms with Gasteiger partial charge in [-0.05, 0) is 19.3 Å². The molecule has 66 valence electrons. The lowest BCUT2D eigenvalue weighted by Crippen LogP contribution is -2.41. The average Bonchev–Trinajstić information content (AvgIpc) is 2.14. The predicted molar refractivity (Wildman–Crippen MR) is 41.0 cm³/mol.